The fraction of sp³-hybridized carbons (Fsp3) is 0.333. The van der Waals surface area contributed by atoms with Crippen molar-refractivity contribution >= 4 is 29.3 Å². The van der Waals surface area contributed by atoms with Crippen LogP contribution in [0.5, 0.6) is 5.75 Å². The van der Waals surface area contributed by atoms with Crippen LogP contribution in [0.4, 0.5) is 35.3 Å². The van der Waals surface area contributed by atoms with Crippen molar-refractivity contribution in [2.45, 2.75) is 26.8 Å². The average molecular weight is 518 g/mol. The van der Waals surface area contributed by atoms with Crippen molar-refractivity contribution < 1.29 is 27.5 Å². The Morgan fingerprint density at radius 3 is 2.32 bits per heavy atom. The van der Waals surface area contributed by atoms with Gasteiger partial charge >= 0.3 is 12.4 Å². The van der Waals surface area contributed by atoms with Crippen LogP contribution >= 0.6 is 0 Å². The zero-order valence-corrected chi connectivity index (χ0v) is 20.2. The number of piperazine rings is 1. The molecule has 1 aliphatic rings. The van der Waals surface area contributed by atoms with Crippen LogP contribution in [-0.2, 0) is 6.54 Å². The fourth-order valence-corrected chi connectivity index (χ4v) is 3.83. The van der Waals surface area contributed by atoms with Gasteiger partial charge in [-0.25, -0.2) is 14.8 Å². The van der Waals surface area contributed by atoms with Gasteiger partial charge < -0.3 is 24.4 Å². The highest BCUT2D eigenvalue weighted by molar-refractivity contribution is 6.00. The lowest BCUT2D eigenvalue weighted by atomic mass is 10.2. The van der Waals surface area contributed by atoms with Gasteiger partial charge in [-0.2, -0.15) is 0 Å². The van der Waals surface area contributed by atoms with Crippen LogP contribution in [0.1, 0.15) is 23.1 Å². The van der Waals surface area contributed by atoms with E-state index in [1.54, 1.807) is 15.7 Å². The van der Waals surface area contributed by atoms with Gasteiger partial charge in [-0.15, -0.1) is 13.2 Å². The van der Waals surface area contributed by atoms with Crippen LogP contribution in [0.15, 0.2) is 48.8 Å². The number of carbonyl (C=O) groups is 2. The third-order valence-electron chi connectivity index (χ3n) is 5.68. The molecule has 0 bridgehead atoms. The van der Waals surface area contributed by atoms with Crippen LogP contribution in [0.3, 0.4) is 0 Å². The third kappa shape index (κ3) is 6.68. The first-order valence-electron chi connectivity index (χ1n) is 11.6. The fourth-order valence-electron chi connectivity index (χ4n) is 3.83. The number of carbonyl (C=O) groups excluding carboxylic acids is 2. The average Bonchev–Trinajstić information content (AvgIpc) is 3.27. The van der Waals surface area contributed by atoms with E-state index >= 15 is 0 Å². The molecule has 10 nitrogen and oxygen atoms in total. The summed E-state index contributed by atoms with van der Waals surface area (Å²) in [6, 6.07) is 8.01. The van der Waals surface area contributed by atoms with Crippen molar-refractivity contribution in [3.63, 3.8) is 0 Å². The lowest BCUT2D eigenvalue weighted by Crippen LogP contribution is -2.49. The number of nitrogens with one attached hydrogen (secondary N) is 2. The summed E-state index contributed by atoms with van der Waals surface area (Å²) in [5, 5.41) is 5.05. The largest absolute Gasteiger partial charge is 0.573 e. The number of imidazole rings is 1. The molecule has 196 valence electrons. The number of hydrogen-bond donors (Lipinski definition) is 2. The second-order valence-corrected chi connectivity index (χ2v) is 8.36. The van der Waals surface area contributed by atoms with E-state index in [1.165, 1.54) is 12.1 Å². The minimum Gasteiger partial charge on any atom is -0.406 e. The Morgan fingerprint density at radius 1 is 1.03 bits per heavy atom. The summed E-state index contributed by atoms with van der Waals surface area (Å²) < 4.78 is 42.3. The zero-order chi connectivity index (χ0) is 26.6. The van der Waals surface area contributed by atoms with Gasteiger partial charge in [0.1, 0.15) is 11.6 Å². The van der Waals surface area contributed by atoms with E-state index in [-0.39, 0.29) is 23.2 Å². The lowest BCUT2D eigenvalue weighted by molar-refractivity contribution is -0.274. The molecule has 37 heavy (non-hydrogen) atoms. The normalized spacial score (nSPS) is 13.9. The summed E-state index contributed by atoms with van der Waals surface area (Å²) in [5.74, 6) is 0.592. The number of ether oxygens (including phenoxy) is 1. The van der Waals surface area contributed by atoms with Crippen molar-refractivity contribution in [3.8, 4) is 5.75 Å². The molecule has 0 radical (unpaired) electrons. The van der Waals surface area contributed by atoms with E-state index in [2.05, 4.69) is 30.2 Å². The standard InChI is InChI=1S/C24H26F3N7O3/c1-3-32-15-19(31-23(36)29-17-5-7-18(8-6-17)37-24(25,26)27)30-21(32)22(35)34-12-10-33(11-13-34)20-9-4-16(2)14-28-20/h4-9,14-15H,3,10-13H2,1-2H3,(H2,29,31,36). The Morgan fingerprint density at radius 2 is 1.73 bits per heavy atom. The second-order valence-electron chi connectivity index (χ2n) is 8.36. The first kappa shape index (κ1) is 25.8. The summed E-state index contributed by atoms with van der Waals surface area (Å²) in [7, 11) is 0. The molecular formula is C24H26F3N7O3. The van der Waals surface area contributed by atoms with Gasteiger partial charge in [0.05, 0.1) is 0 Å². The number of amides is 3. The molecule has 1 fully saturated rings. The molecule has 3 amide bonds. The maximum absolute atomic E-state index is 13.2. The second kappa shape index (κ2) is 10.8. The van der Waals surface area contributed by atoms with Gasteiger partial charge in [-0.1, -0.05) is 6.07 Å². The third-order valence-corrected chi connectivity index (χ3v) is 5.68. The quantitative estimate of drug-likeness (QED) is 0.510. The maximum atomic E-state index is 13.2. The van der Waals surface area contributed by atoms with E-state index < -0.39 is 18.1 Å². The predicted molar refractivity (Wildman–Crippen MR) is 131 cm³/mol. The number of pyridine rings is 1. The van der Waals surface area contributed by atoms with Crippen molar-refractivity contribution in [1.29, 1.82) is 0 Å². The molecule has 1 saturated heterocycles. The Bertz CT molecular complexity index is 1240. The molecule has 4 rings (SSSR count). The molecule has 2 N–H and O–H groups in total. The van der Waals surface area contributed by atoms with Gasteiger partial charge in [0.15, 0.2) is 5.82 Å². The van der Waals surface area contributed by atoms with Crippen molar-refractivity contribution in [1.82, 2.24) is 19.4 Å². The number of aromatic nitrogens is 3. The first-order chi connectivity index (χ1) is 17.6. The molecule has 3 heterocycles. The highest BCUT2D eigenvalue weighted by atomic mass is 19.4. The van der Waals surface area contributed by atoms with Gasteiger partial charge in [0.25, 0.3) is 5.91 Å². The van der Waals surface area contributed by atoms with Crippen LogP contribution < -0.4 is 20.3 Å². The molecule has 0 saturated carbocycles. The Balaban J connectivity index is 1.35. The predicted octanol–water partition coefficient (Wildman–Crippen LogP) is 4.11. The smallest absolute Gasteiger partial charge is 0.406 e. The van der Waals surface area contributed by atoms with Gasteiger partial charge in [-0.05, 0) is 49.7 Å². The number of nitrogens with zero attached hydrogens (tertiary/aromatic N) is 5. The molecule has 3 aromatic rings. The van der Waals surface area contributed by atoms with Crippen LogP contribution in [0, 0.1) is 6.92 Å². The van der Waals surface area contributed by atoms with Crippen LogP contribution in [0.2, 0.25) is 0 Å². The summed E-state index contributed by atoms with van der Waals surface area (Å²) in [4.78, 5) is 38.1. The number of aryl methyl sites for hydroxylation is 2. The number of urea groups is 1. The van der Waals surface area contributed by atoms with Gasteiger partial charge in [0, 0.05) is 50.8 Å². The number of halogens is 3. The molecule has 0 atom stereocenters. The van der Waals surface area contributed by atoms with Crippen molar-refractivity contribution in [2.24, 2.45) is 0 Å². The van der Waals surface area contributed by atoms with E-state index in [9.17, 15) is 22.8 Å². The molecule has 1 aromatic carbocycles. The number of benzene rings is 1. The molecular weight excluding hydrogens is 491 g/mol. The van der Waals surface area contributed by atoms with Gasteiger partial charge in [-0.3, -0.25) is 10.1 Å². The number of alkyl halides is 3. The number of rotatable bonds is 6. The summed E-state index contributed by atoms with van der Waals surface area (Å²) in [5.41, 5.74) is 1.33. The Kier molecular flexibility index (Phi) is 7.50. The minimum absolute atomic E-state index is 0.169. The molecule has 13 heteroatoms. The van der Waals surface area contributed by atoms with Crippen LogP contribution in [-0.4, -0.2) is 63.9 Å². The molecule has 0 unspecified atom stereocenters. The highest BCUT2D eigenvalue weighted by Crippen LogP contribution is 2.24. The molecule has 1 aliphatic heterocycles. The molecule has 0 aliphatic carbocycles. The van der Waals surface area contributed by atoms with Crippen molar-refractivity contribution in [3.05, 3.63) is 60.2 Å². The first-order valence-corrected chi connectivity index (χ1v) is 11.6. The van der Waals surface area contributed by atoms with Crippen molar-refractivity contribution in [2.75, 3.05) is 41.7 Å². The SMILES string of the molecule is CCn1cc(NC(=O)Nc2ccc(OC(F)(F)F)cc2)nc1C(=O)N1CCN(c2ccc(C)cn2)CC1. The highest BCUT2D eigenvalue weighted by Gasteiger charge is 2.31. The Labute approximate surface area is 211 Å². The van der Waals surface area contributed by atoms with E-state index in [0.29, 0.717) is 32.7 Å². The molecule has 2 aromatic heterocycles. The van der Waals surface area contributed by atoms with E-state index in [4.69, 9.17) is 0 Å². The van der Waals surface area contributed by atoms with Crippen LogP contribution in [0.25, 0.3) is 0 Å². The van der Waals surface area contributed by atoms with Gasteiger partial charge in [0.2, 0.25) is 5.82 Å². The van der Waals surface area contributed by atoms with E-state index in [0.717, 1.165) is 23.5 Å². The van der Waals surface area contributed by atoms with E-state index in [1.807, 2.05) is 32.2 Å². The lowest BCUT2D eigenvalue weighted by Gasteiger charge is -2.35. The summed E-state index contributed by atoms with van der Waals surface area (Å²) in [6.45, 7) is 6.57. The Hall–Kier alpha value is -4.29. The number of anilines is 3. The summed E-state index contributed by atoms with van der Waals surface area (Å²) >= 11 is 0. The topological polar surface area (TPSA) is 105 Å². The summed E-state index contributed by atoms with van der Waals surface area (Å²) in [6.07, 6.45) is -1.43. The zero-order valence-electron chi connectivity index (χ0n) is 20.2. The monoisotopic (exact) mass is 517 g/mol. The minimum atomic E-state index is -4.80. The maximum Gasteiger partial charge on any atom is 0.573 e. The number of hydrogen-bond acceptors (Lipinski definition) is 6. The molecule has 0 spiro atoms.